The average Bonchev–Trinajstić information content (AvgIpc) is 2.77. The Bertz CT molecular complexity index is 823. The number of amides is 1. The van der Waals surface area contributed by atoms with E-state index < -0.39 is 0 Å². The van der Waals surface area contributed by atoms with Gasteiger partial charge in [-0.05, 0) is 36.4 Å². The number of benzene rings is 2. The second kappa shape index (κ2) is 5.61. The van der Waals surface area contributed by atoms with E-state index in [1.54, 1.807) is 37.3 Å². The zero-order valence-corrected chi connectivity index (χ0v) is 14.2. The van der Waals surface area contributed by atoms with Gasteiger partial charge in [-0.25, -0.2) is 4.98 Å². The van der Waals surface area contributed by atoms with Crippen molar-refractivity contribution in [3.8, 4) is 0 Å². The Morgan fingerprint density at radius 3 is 2.57 bits per heavy atom. The Morgan fingerprint density at radius 1 is 1.14 bits per heavy atom. The minimum atomic E-state index is -0.184. The number of rotatable bonds is 2. The zero-order chi connectivity index (χ0) is 15.0. The van der Waals surface area contributed by atoms with Crippen molar-refractivity contribution in [2.75, 3.05) is 5.32 Å². The molecule has 0 aliphatic heterocycles. The molecule has 0 aliphatic carbocycles. The van der Waals surface area contributed by atoms with Gasteiger partial charge in [0.25, 0.3) is 5.91 Å². The van der Waals surface area contributed by atoms with Crippen molar-refractivity contribution >= 4 is 54.6 Å². The van der Waals surface area contributed by atoms with Crippen molar-refractivity contribution in [2.45, 2.75) is 6.92 Å². The van der Waals surface area contributed by atoms with Crippen molar-refractivity contribution in [3.63, 3.8) is 0 Å². The summed E-state index contributed by atoms with van der Waals surface area (Å²) in [7, 11) is 0. The molecule has 1 amide bonds. The lowest BCUT2D eigenvalue weighted by atomic mass is 10.2. The van der Waals surface area contributed by atoms with Gasteiger partial charge in [-0.15, -0.1) is 0 Å². The first-order valence-corrected chi connectivity index (χ1v) is 7.74. The maximum Gasteiger partial charge on any atom is 0.255 e. The van der Waals surface area contributed by atoms with Gasteiger partial charge in [0, 0.05) is 27.1 Å². The van der Waals surface area contributed by atoms with Gasteiger partial charge in [-0.3, -0.25) is 4.79 Å². The van der Waals surface area contributed by atoms with E-state index in [-0.39, 0.29) is 5.91 Å². The third-order valence-corrected chi connectivity index (χ3v) is 3.79. The maximum atomic E-state index is 12.3. The second-order valence-electron chi connectivity index (χ2n) is 4.53. The standard InChI is InChI=1S/C15H10Br2N2O2/c1-8-18-13-7-12(2-3-14(13)21-8)19-15(20)9-4-10(16)6-11(17)5-9/h2-7H,1H3,(H,19,20). The summed E-state index contributed by atoms with van der Waals surface area (Å²) in [6.07, 6.45) is 0. The number of halogens is 2. The van der Waals surface area contributed by atoms with Crippen molar-refractivity contribution in [3.05, 3.63) is 56.8 Å². The lowest BCUT2D eigenvalue weighted by Gasteiger charge is -2.06. The van der Waals surface area contributed by atoms with E-state index in [9.17, 15) is 4.79 Å². The highest BCUT2D eigenvalue weighted by Gasteiger charge is 2.09. The van der Waals surface area contributed by atoms with Gasteiger partial charge >= 0.3 is 0 Å². The molecule has 0 fully saturated rings. The monoisotopic (exact) mass is 408 g/mol. The van der Waals surface area contributed by atoms with Crippen LogP contribution in [0.2, 0.25) is 0 Å². The summed E-state index contributed by atoms with van der Waals surface area (Å²) in [5.41, 5.74) is 2.67. The normalized spacial score (nSPS) is 10.8. The number of nitrogens with one attached hydrogen (secondary N) is 1. The number of nitrogens with zero attached hydrogens (tertiary/aromatic N) is 1. The van der Waals surface area contributed by atoms with Gasteiger partial charge < -0.3 is 9.73 Å². The number of fused-ring (bicyclic) bond motifs is 1. The molecule has 6 heteroatoms. The molecule has 21 heavy (non-hydrogen) atoms. The Morgan fingerprint density at radius 2 is 1.86 bits per heavy atom. The molecule has 0 radical (unpaired) electrons. The van der Waals surface area contributed by atoms with Crippen LogP contribution in [0, 0.1) is 6.92 Å². The van der Waals surface area contributed by atoms with Crippen LogP contribution in [0.4, 0.5) is 5.69 Å². The molecular weight excluding hydrogens is 400 g/mol. The van der Waals surface area contributed by atoms with Crippen LogP contribution in [-0.2, 0) is 0 Å². The molecule has 0 saturated heterocycles. The van der Waals surface area contributed by atoms with Crippen molar-refractivity contribution in [1.82, 2.24) is 4.98 Å². The molecule has 106 valence electrons. The fraction of sp³-hybridized carbons (Fsp3) is 0.0667. The van der Waals surface area contributed by atoms with E-state index in [1.807, 2.05) is 6.07 Å². The predicted octanol–water partition coefficient (Wildman–Crippen LogP) is 4.91. The summed E-state index contributed by atoms with van der Waals surface area (Å²) in [6.45, 7) is 1.79. The highest BCUT2D eigenvalue weighted by Crippen LogP contribution is 2.23. The SMILES string of the molecule is Cc1nc2cc(NC(=O)c3cc(Br)cc(Br)c3)ccc2o1. The third-order valence-electron chi connectivity index (χ3n) is 2.88. The molecule has 0 spiro atoms. The molecule has 0 saturated carbocycles. The van der Waals surface area contributed by atoms with E-state index in [0.717, 1.165) is 14.5 Å². The summed E-state index contributed by atoms with van der Waals surface area (Å²) in [5, 5.41) is 2.85. The van der Waals surface area contributed by atoms with Crippen LogP contribution in [0.25, 0.3) is 11.1 Å². The molecule has 0 unspecified atom stereocenters. The Kier molecular flexibility index (Phi) is 3.82. The largest absolute Gasteiger partial charge is 0.441 e. The average molecular weight is 410 g/mol. The number of aryl methyl sites for hydroxylation is 1. The first-order chi connectivity index (χ1) is 10.0. The predicted molar refractivity (Wildman–Crippen MR) is 88.5 cm³/mol. The van der Waals surface area contributed by atoms with Crippen LogP contribution in [0.1, 0.15) is 16.2 Å². The van der Waals surface area contributed by atoms with Gasteiger partial charge in [-0.2, -0.15) is 0 Å². The first kappa shape index (κ1) is 14.3. The fourth-order valence-corrected chi connectivity index (χ4v) is 3.30. The van der Waals surface area contributed by atoms with Gasteiger partial charge in [0.05, 0.1) is 0 Å². The Balaban J connectivity index is 1.88. The maximum absolute atomic E-state index is 12.3. The van der Waals surface area contributed by atoms with Crippen LogP contribution in [0.3, 0.4) is 0 Å². The summed E-state index contributed by atoms with van der Waals surface area (Å²) in [5.74, 6) is 0.418. The topological polar surface area (TPSA) is 55.1 Å². The molecular formula is C15H10Br2N2O2. The van der Waals surface area contributed by atoms with Crippen molar-refractivity contribution < 1.29 is 9.21 Å². The minimum absolute atomic E-state index is 0.184. The molecule has 1 aromatic heterocycles. The van der Waals surface area contributed by atoms with E-state index >= 15 is 0 Å². The van der Waals surface area contributed by atoms with Crippen molar-refractivity contribution in [1.29, 1.82) is 0 Å². The summed E-state index contributed by atoms with van der Waals surface area (Å²) < 4.78 is 7.08. The summed E-state index contributed by atoms with van der Waals surface area (Å²) in [4.78, 5) is 16.5. The first-order valence-electron chi connectivity index (χ1n) is 6.16. The number of oxazole rings is 1. The van der Waals surface area contributed by atoms with Crippen LogP contribution in [0.15, 0.2) is 49.8 Å². The number of carbonyl (C=O) groups is 1. The van der Waals surface area contributed by atoms with Gasteiger partial charge in [0.15, 0.2) is 11.5 Å². The highest BCUT2D eigenvalue weighted by atomic mass is 79.9. The number of aromatic nitrogens is 1. The number of hydrogen-bond donors (Lipinski definition) is 1. The molecule has 1 N–H and O–H groups in total. The fourth-order valence-electron chi connectivity index (χ4n) is 2.01. The van der Waals surface area contributed by atoms with Gasteiger partial charge in [0.2, 0.25) is 0 Å². The minimum Gasteiger partial charge on any atom is -0.441 e. The van der Waals surface area contributed by atoms with Crippen molar-refractivity contribution in [2.24, 2.45) is 0 Å². The molecule has 3 aromatic rings. The third kappa shape index (κ3) is 3.16. The quantitative estimate of drug-likeness (QED) is 0.653. The van der Waals surface area contributed by atoms with Crippen LogP contribution < -0.4 is 5.32 Å². The Labute approximate surface area is 137 Å². The smallest absolute Gasteiger partial charge is 0.255 e. The molecule has 0 bridgehead atoms. The van der Waals surface area contributed by atoms with Crippen LogP contribution in [0.5, 0.6) is 0 Å². The second-order valence-corrected chi connectivity index (χ2v) is 6.36. The van der Waals surface area contributed by atoms with Gasteiger partial charge in [0.1, 0.15) is 5.52 Å². The van der Waals surface area contributed by atoms with E-state index in [1.165, 1.54) is 0 Å². The Hall–Kier alpha value is -1.66. The number of anilines is 1. The lowest BCUT2D eigenvalue weighted by molar-refractivity contribution is 0.102. The van der Waals surface area contributed by atoms with E-state index in [4.69, 9.17) is 4.42 Å². The van der Waals surface area contributed by atoms with Crippen LogP contribution >= 0.6 is 31.9 Å². The lowest BCUT2D eigenvalue weighted by Crippen LogP contribution is -2.11. The van der Waals surface area contributed by atoms with Gasteiger partial charge in [-0.1, -0.05) is 31.9 Å². The number of carbonyl (C=O) groups excluding carboxylic acids is 1. The molecule has 0 atom stereocenters. The molecule has 0 aliphatic rings. The molecule has 1 heterocycles. The zero-order valence-electron chi connectivity index (χ0n) is 11.0. The highest BCUT2D eigenvalue weighted by molar-refractivity contribution is 9.11. The number of hydrogen-bond acceptors (Lipinski definition) is 3. The van der Waals surface area contributed by atoms with E-state index in [0.29, 0.717) is 22.7 Å². The van der Waals surface area contributed by atoms with Crippen LogP contribution in [-0.4, -0.2) is 10.9 Å². The van der Waals surface area contributed by atoms with E-state index in [2.05, 4.69) is 42.2 Å². The molecule has 3 rings (SSSR count). The summed E-state index contributed by atoms with van der Waals surface area (Å²) in [6, 6.07) is 10.8. The molecule has 4 nitrogen and oxygen atoms in total. The molecule has 2 aromatic carbocycles. The summed E-state index contributed by atoms with van der Waals surface area (Å²) >= 11 is 6.74.